The summed E-state index contributed by atoms with van der Waals surface area (Å²) in [6, 6.07) is 15.5. The van der Waals surface area contributed by atoms with E-state index in [9.17, 15) is 0 Å². The summed E-state index contributed by atoms with van der Waals surface area (Å²) in [5.41, 5.74) is 20.4. The van der Waals surface area contributed by atoms with Crippen LogP contribution >= 0.6 is 0 Å². The van der Waals surface area contributed by atoms with Gasteiger partial charge in [-0.05, 0) is 30.3 Å². The molecule has 2 aromatic carbocycles. The van der Waals surface area contributed by atoms with Crippen molar-refractivity contribution in [2.75, 3.05) is 18.5 Å². The summed E-state index contributed by atoms with van der Waals surface area (Å²) in [4.78, 5) is 0. The maximum absolute atomic E-state index is 5.67. The molecule has 0 radical (unpaired) electrons. The van der Waals surface area contributed by atoms with Gasteiger partial charge in [0.15, 0.2) is 0 Å². The van der Waals surface area contributed by atoms with Crippen LogP contribution in [0.5, 0.6) is 0 Å². The molecule has 0 aromatic heterocycles. The molecule has 0 spiro atoms. The summed E-state index contributed by atoms with van der Waals surface area (Å²) in [6.07, 6.45) is 0. The number of nitrogen functional groups attached to an aromatic ring is 2. The first-order chi connectivity index (χ1) is 9.19. The van der Waals surface area contributed by atoms with Crippen LogP contribution in [0.3, 0.4) is 0 Å². The summed E-state index contributed by atoms with van der Waals surface area (Å²) in [6.45, 7) is 1.36. The van der Waals surface area contributed by atoms with Gasteiger partial charge >= 0.3 is 0 Å². The average Bonchev–Trinajstić information content (AvgIpc) is 2.43. The van der Waals surface area contributed by atoms with Gasteiger partial charge in [-0.25, -0.2) is 0 Å². The van der Waals surface area contributed by atoms with E-state index in [0.29, 0.717) is 6.54 Å². The normalized spacial score (nSPS) is 9.58. The van der Waals surface area contributed by atoms with Crippen LogP contribution in [-0.2, 0) is 13.1 Å². The van der Waals surface area contributed by atoms with Crippen LogP contribution in [0.1, 0.15) is 11.1 Å². The van der Waals surface area contributed by atoms with Crippen molar-refractivity contribution >= 4 is 11.4 Å². The molecule has 0 aliphatic heterocycles. The highest BCUT2D eigenvalue weighted by atomic mass is 14.8. The Bertz CT molecular complexity index is 497. The number of hydrogen-bond acceptors (Lipinski definition) is 4. The molecular formula is C15H22N4. The van der Waals surface area contributed by atoms with Crippen molar-refractivity contribution in [1.82, 2.24) is 5.32 Å². The van der Waals surface area contributed by atoms with E-state index in [2.05, 4.69) is 5.32 Å². The van der Waals surface area contributed by atoms with Crippen molar-refractivity contribution in [1.29, 1.82) is 0 Å². The van der Waals surface area contributed by atoms with Crippen LogP contribution in [0, 0.1) is 0 Å². The van der Waals surface area contributed by atoms with E-state index in [1.165, 1.54) is 0 Å². The van der Waals surface area contributed by atoms with E-state index in [-0.39, 0.29) is 0 Å². The molecule has 0 unspecified atom stereocenters. The number of rotatable bonds is 3. The molecule has 2 aromatic rings. The molecule has 0 aliphatic carbocycles. The molecule has 7 N–H and O–H groups in total. The molecule has 102 valence electrons. The van der Waals surface area contributed by atoms with Crippen molar-refractivity contribution in [2.24, 2.45) is 5.73 Å². The van der Waals surface area contributed by atoms with E-state index in [0.717, 1.165) is 29.0 Å². The molecule has 0 bridgehead atoms. The largest absolute Gasteiger partial charge is 0.398 e. The van der Waals surface area contributed by atoms with Gasteiger partial charge in [-0.3, -0.25) is 0 Å². The maximum atomic E-state index is 5.67. The first-order valence-corrected chi connectivity index (χ1v) is 6.20. The molecule has 4 heteroatoms. The summed E-state index contributed by atoms with van der Waals surface area (Å²) in [5.74, 6) is 0. The van der Waals surface area contributed by atoms with Crippen molar-refractivity contribution in [2.45, 2.75) is 13.1 Å². The molecule has 0 saturated heterocycles. The highest BCUT2D eigenvalue weighted by Gasteiger charge is 1.92. The fraction of sp³-hybridized carbons (Fsp3) is 0.200. The Balaban J connectivity index is 0.000000191. The first kappa shape index (κ1) is 15.0. The van der Waals surface area contributed by atoms with Crippen molar-refractivity contribution in [3.63, 3.8) is 0 Å². The number of hydrogen-bond donors (Lipinski definition) is 4. The highest BCUT2D eigenvalue weighted by Crippen LogP contribution is 2.09. The first-order valence-electron chi connectivity index (χ1n) is 6.20. The van der Waals surface area contributed by atoms with Crippen LogP contribution in [0.4, 0.5) is 11.4 Å². The van der Waals surface area contributed by atoms with Gasteiger partial charge in [0.1, 0.15) is 0 Å². The van der Waals surface area contributed by atoms with Gasteiger partial charge in [0.25, 0.3) is 0 Å². The zero-order valence-corrected chi connectivity index (χ0v) is 11.3. The lowest BCUT2D eigenvalue weighted by atomic mass is 10.2. The van der Waals surface area contributed by atoms with Crippen molar-refractivity contribution in [3.8, 4) is 0 Å². The Labute approximate surface area is 114 Å². The zero-order valence-electron chi connectivity index (χ0n) is 11.3. The SMILES string of the molecule is CNCc1ccccc1N.NCc1ccccc1N. The van der Waals surface area contributed by atoms with E-state index >= 15 is 0 Å². The van der Waals surface area contributed by atoms with Gasteiger partial charge < -0.3 is 22.5 Å². The molecule has 0 fully saturated rings. The van der Waals surface area contributed by atoms with Gasteiger partial charge in [0, 0.05) is 24.5 Å². The molecule has 0 saturated carbocycles. The van der Waals surface area contributed by atoms with E-state index < -0.39 is 0 Å². The summed E-state index contributed by atoms with van der Waals surface area (Å²) in [5, 5.41) is 3.04. The van der Waals surface area contributed by atoms with Crippen LogP contribution in [0.2, 0.25) is 0 Å². The van der Waals surface area contributed by atoms with Gasteiger partial charge in [0.2, 0.25) is 0 Å². The van der Waals surface area contributed by atoms with Crippen molar-refractivity contribution in [3.05, 3.63) is 59.7 Å². The van der Waals surface area contributed by atoms with Gasteiger partial charge in [-0.1, -0.05) is 36.4 Å². The van der Waals surface area contributed by atoms with Crippen LogP contribution < -0.4 is 22.5 Å². The van der Waals surface area contributed by atoms with E-state index in [1.54, 1.807) is 0 Å². The number of nitrogens with two attached hydrogens (primary N) is 3. The Hall–Kier alpha value is -2.04. The Morgan fingerprint density at radius 3 is 1.68 bits per heavy atom. The lowest BCUT2D eigenvalue weighted by Gasteiger charge is -2.02. The topological polar surface area (TPSA) is 90.1 Å². The Morgan fingerprint density at radius 2 is 1.32 bits per heavy atom. The fourth-order valence-corrected chi connectivity index (χ4v) is 1.61. The number of anilines is 2. The average molecular weight is 258 g/mol. The van der Waals surface area contributed by atoms with Crippen LogP contribution in [-0.4, -0.2) is 7.05 Å². The lowest BCUT2D eigenvalue weighted by molar-refractivity contribution is 0.820. The molecular weight excluding hydrogens is 236 g/mol. The lowest BCUT2D eigenvalue weighted by Crippen LogP contribution is -2.06. The third kappa shape index (κ3) is 4.99. The van der Waals surface area contributed by atoms with Gasteiger partial charge in [0.05, 0.1) is 0 Å². The Morgan fingerprint density at radius 1 is 0.842 bits per heavy atom. The summed E-state index contributed by atoms with van der Waals surface area (Å²) in [7, 11) is 1.91. The van der Waals surface area contributed by atoms with Crippen LogP contribution in [0.15, 0.2) is 48.5 Å². The Kier molecular flexibility index (Phi) is 6.43. The second-order valence-electron chi connectivity index (χ2n) is 4.13. The van der Waals surface area contributed by atoms with E-state index in [1.807, 2.05) is 55.6 Å². The number of para-hydroxylation sites is 2. The summed E-state index contributed by atoms with van der Waals surface area (Å²) < 4.78 is 0. The maximum Gasteiger partial charge on any atom is 0.0359 e. The monoisotopic (exact) mass is 258 g/mol. The second kappa shape index (κ2) is 8.13. The molecule has 0 amide bonds. The number of benzene rings is 2. The molecule has 4 nitrogen and oxygen atoms in total. The fourth-order valence-electron chi connectivity index (χ4n) is 1.61. The number of nitrogens with one attached hydrogen (secondary N) is 1. The third-order valence-electron chi connectivity index (χ3n) is 2.70. The molecule has 19 heavy (non-hydrogen) atoms. The smallest absolute Gasteiger partial charge is 0.0359 e. The van der Waals surface area contributed by atoms with Crippen molar-refractivity contribution < 1.29 is 0 Å². The predicted molar refractivity (Wildman–Crippen MR) is 82.4 cm³/mol. The summed E-state index contributed by atoms with van der Waals surface area (Å²) >= 11 is 0. The quantitative estimate of drug-likeness (QED) is 0.631. The van der Waals surface area contributed by atoms with Crippen LogP contribution in [0.25, 0.3) is 0 Å². The minimum Gasteiger partial charge on any atom is -0.398 e. The molecule has 0 aliphatic rings. The minimum atomic E-state index is 0.521. The third-order valence-corrected chi connectivity index (χ3v) is 2.70. The highest BCUT2D eigenvalue weighted by molar-refractivity contribution is 5.46. The van der Waals surface area contributed by atoms with Gasteiger partial charge in [-0.15, -0.1) is 0 Å². The minimum absolute atomic E-state index is 0.521. The van der Waals surface area contributed by atoms with E-state index in [4.69, 9.17) is 17.2 Å². The zero-order chi connectivity index (χ0) is 14.1. The molecule has 0 heterocycles. The standard InChI is InChI=1S/C8H12N2.C7H10N2/c1-10-6-7-4-2-3-5-8(7)9;8-5-6-3-1-2-4-7(6)9/h2-5,10H,6,9H2,1H3;1-4H,5,8-9H2. The van der Waals surface area contributed by atoms with Gasteiger partial charge in [-0.2, -0.15) is 0 Å². The molecule has 0 atom stereocenters. The predicted octanol–water partition coefficient (Wildman–Crippen LogP) is 1.72. The molecule has 2 rings (SSSR count). The second-order valence-corrected chi connectivity index (χ2v) is 4.13.